The summed E-state index contributed by atoms with van der Waals surface area (Å²) in [6.45, 7) is 4.91. The highest BCUT2D eigenvalue weighted by atomic mass is 16.5. The Morgan fingerprint density at radius 3 is 0.878 bits per heavy atom. The Labute approximate surface area is 564 Å². The molecule has 0 spiro atoms. The molecular formula is C84H161NO5. The van der Waals surface area contributed by atoms with Crippen molar-refractivity contribution >= 4 is 11.9 Å². The van der Waals surface area contributed by atoms with Crippen molar-refractivity contribution in [2.75, 3.05) is 13.2 Å². The molecule has 0 aliphatic rings. The van der Waals surface area contributed by atoms with Gasteiger partial charge in [-0.1, -0.05) is 429 Å². The normalized spacial score (nSPS) is 12.6. The molecule has 2 atom stereocenters. The molecule has 0 saturated heterocycles. The van der Waals surface area contributed by atoms with Crippen molar-refractivity contribution in [3.63, 3.8) is 0 Å². The van der Waals surface area contributed by atoms with Gasteiger partial charge in [-0.05, 0) is 57.8 Å². The molecule has 0 radical (unpaired) electrons. The quantitative estimate of drug-likeness (QED) is 0.0320. The third kappa shape index (κ3) is 75.1. The molecule has 2 unspecified atom stereocenters. The zero-order valence-electron chi connectivity index (χ0n) is 61.1. The van der Waals surface area contributed by atoms with Crippen LogP contribution in [-0.4, -0.2) is 47.4 Å². The maximum atomic E-state index is 12.6. The zero-order chi connectivity index (χ0) is 64.9. The number of aliphatic hydroxyl groups excluding tert-OH is 2. The molecule has 3 N–H and O–H groups in total. The number of hydrogen-bond acceptors (Lipinski definition) is 5. The highest BCUT2D eigenvalue weighted by Gasteiger charge is 2.18. The molecule has 90 heavy (non-hydrogen) atoms. The van der Waals surface area contributed by atoms with E-state index < -0.39 is 12.1 Å². The number of ether oxygens (including phenoxy) is 1. The summed E-state index contributed by atoms with van der Waals surface area (Å²) in [4.78, 5) is 24.6. The maximum absolute atomic E-state index is 12.6. The number of carbonyl (C=O) groups excluding carboxylic acids is 2. The van der Waals surface area contributed by atoms with E-state index in [1.165, 1.54) is 385 Å². The van der Waals surface area contributed by atoms with Crippen LogP contribution in [0.3, 0.4) is 0 Å². The number of rotatable bonds is 78. The van der Waals surface area contributed by atoms with Crippen LogP contribution in [0.25, 0.3) is 0 Å². The van der Waals surface area contributed by atoms with Gasteiger partial charge in [-0.25, -0.2) is 0 Å². The van der Waals surface area contributed by atoms with Gasteiger partial charge in [0.1, 0.15) is 0 Å². The Morgan fingerprint density at radius 1 is 0.311 bits per heavy atom. The van der Waals surface area contributed by atoms with Crippen molar-refractivity contribution in [1.29, 1.82) is 0 Å². The SMILES string of the molecule is CCCC/C=C\C/C=C\CCCCCCCC(=O)OCCCCCCCCCCCCCCCCCCCCCCCCCCCCCCCCCCCCCCCC(=O)NC(CO)C(O)/C=C/CCCCCCCCCCCCCCCCCCCCCC. The van der Waals surface area contributed by atoms with E-state index in [1.807, 2.05) is 6.08 Å². The molecule has 1 amide bonds. The van der Waals surface area contributed by atoms with Crippen LogP contribution in [0.4, 0.5) is 0 Å². The van der Waals surface area contributed by atoms with E-state index in [-0.39, 0.29) is 18.5 Å². The van der Waals surface area contributed by atoms with E-state index in [0.717, 1.165) is 51.4 Å². The van der Waals surface area contributed by atoms with Gasteiger partial charge in [-0.2, -0.15) is 0 Å². The number of carbonyl (C=O) groups is 2. The summed E-state index contributed by atoms with van der Waals surface area (Å²) >= 11 is 0. The second kappa shape index (κ2) is 79.5. The first-order valence-corrected chi connectivity index (χ1v) is 41.3. The van der Waals surface area contributed by atoms with E-state index in [9.17, 15) is 19.8 Å². The van der Waals surface area contributed by atoms with Crippen molar-refractivity contribution in [2.45, 2.75) is 475 Å². The predicted molar refractivity (Wildman–Crippen MR) is 398 cm³/mol. The van der Waals surface area contributed by atoms with Crippen LogP contribution in [0.2, 0.25) is 0 Å². The fourth-order valence-electron chi connectivity index (χ4n) is 13.1. The molecule has 532 valence electrons. The van der Waals surface area contributed by atoms with Crippen LogP contribution < -0.4 is 5.32 Å². The number of hydrogen-bond donors (Lipinski definition) is 3. The van der Waals surface area contributed by atoms with Gasteiger partial charge in [0, 0.05) is 12.8 Å². The highest BCUT2D eigenvalue weighted by molar-refractivity contribution is 5.76. The molecule has 0 aliphatic carbocycles. The lowest BCUT2D eigenvalue weighted by Crippen LogP contribution is -2.45. The third-order valence-corrected chi connectivity index (χ3v) is 19.4. The molecule has 0 aromatic rings. The molecule has 0 saturated carbocycles. The number of esters is 1. The van der Waals surface area contributed by atoms with Gasteiger partial charge < -0.3 is 20.3 Å². The van der Waals surface area contributed by atoms with E-state index in [4.69, 9.17) is 4.74 Å². The fraction of sp³-hybridized carbons (Fsp3) is 0.905. The van der Waals surface area contributed by atoms with Crippen LogP contribution in [0, 0.1) is 0 Å². The van der Waals surface area contributed by atoms with Gasteiger partial charge in [0.05, 0.1) is 25.4 Å². The summed E-state index contributed by atoms with van der Waals surface area (Å²) in [6, 6.07) is -0.625. The van der Waals surface area contributed by atoms with Crippen molar-refractivity contribution < 1.29 is 24.5 Å². The van der Waals surface area contributed by atoms with Gasteiger partial charge in [-0.15, -0.1) is 0 Å². The van der Waals surface area contributed by atoms with Crippen molar-refractivity contribution in [1.82, 2.24) is 5.32 Å². The number of nitrogens with one attached hydrogen (secondary N) is 1. The van der Waals surface area contributed by atoms with E-state index in [0.29, 0.717) is 19.4 Å². The number of unbranched alkanes of at least 4 members (excludes halogenated alkanes) is 63. The van der Waals surface area contributed by atoms with Gasteiger partial charge in [0.2, 0.25) is 5.91 Å². The molecular weight excluding hydrogens is 1100 g/mol. The number of allylic oxidation sites excluding steroid dienone is 5. The summed E-state index contributed by atoms with van der Waals surface area (Å²) in [5.41, 5.74) is 0. The minimum absolute atomic E-state index is 0.00913. The average Bonchev–Trinajstić information content (AvgIpc) is 3.68. The Bertz CT molecular complexity index is 1460. The number of aliphatic hydroxyl groups is 2. The highest BCUT2D eigenvalue weighted by Crippen LogP contribution is 2.20. The summed E-state index contributed by atoms with van der Waals surface area (Å²) in [7, 11) is 0. The predicted octanol–water partition coefficient (Wildman–Crippen LogP) is 27.4. The van der Waals surface area contributed by atoms with Crippen LogP contribution >= 0.6 is 0 Å². The molecule has 0 aromatic carbocycles. The minimum Gasteiger partial charge on any atom is -0.466 e. The first-order chi connectivity index (χ1) is 44.5. The van der Waals surface area contributed by atoms with Crippen molar-refractivity contribution in [2.24, 2.45) is 0 Å². The summed E-state index contributed by atoms with van der Waals surface area (Å²) in [5, 5.41) is 23.3. The van der Waals surface area contributed by atoms with E-state index >= 15 is 0 Å². The summed E-state index contributed by atoms with van der Waals surface area (Å²) < 4.78 is 5.49. The molecule has 0 aliphatic heterocycles. The van der Waals surface area contributed by atoms with E-state index in [2.05, 4.69) is 43.5 Å². The lowest BCUT2D eigenvalue weighted by molar-refractivity contribution is -0.143. The average molecular weight is 1270 g/mol. The van der Waals surface area contributed by atoms with Gasteiger partial charge in [-0.3, -0.25) is 9.59 Å². The van der Waals surface area contributed by atoms with E-state index in [1.54, 1.807) is 6.08 Å². The molecule has 0 heterocycles. The molecule has 0 rings (SSSR count). The standard InChI is InChI=1S/C84H161NO5/c1-3-5-7-9-11-13-15-17-19-20-21-22-40-43-46-49-52-56-60-64-68-72-76-82(87)81(80-86)85-83(88)77-73-69-65-61-57-53-50-47-44-41-38-36-34-32-30-28-26-24-23-25-27-29-31-33-35-37-39-42-45-48-51-55-59-63-67-71-75-79-90-84(89)78-74-70-66-62-58-54-18-16-14-12-10-8-6-4-2/h10,12,16,18,72,76,81-82,86-87H,3-9,11,13-15,17,19-71,73-75,77-80H2,1-2H3,(H,85,88)/b12-10-,18-16-,76-72+. The third-order valence-electron chi connectivity index (χ3n) is 19.4. The summed E-state index contributed by atoms with van der Waals surface area (Å²) in [6.07, 6.45) is 104. The van der Waals surface area contributed by atoms with Crippen LogP contribution in [0.15, 0.2) is 36.5 Å². The molecule has 0 fully saturated rings. The van der Waals surface area contributed by atoms with Crippen LogP contribution in [-0.2, 0) is 14.3 Å². The fourth-order valence-corrected chi connectivity index (χ4v) is 13.1. The number of amides is 1. The molecule has 0 bridgehead atoms. The Balaban J connectivity index is 3.33. The zero-order valence-corrected chi connectivity index (χ0v) is 61.1. The second-order valence-corrected chi connectivity index (χ2v) is 28.5. The minimum atomic E-state index is -0.842. The lowest BCUT2D eigenvalue weighted by Gasteiger charge is -2.20. The van der Waals surface area contributed by atoms with Gasteiger partial charge in [0.15, 0.2) is 0 Å². The first-order valence-electron chi connectivity index (χ1n) is 41.3. The first kappa shape index (κ1) is 88.1. The lowest BCUT2D eigenvalue weighted by atomic mass is 10.0. The Morgan fingerprint density at radius 2 is 0.567 bits per heavy atom. The van der Waals surface area contributed by atoms with Crippen LogP contribution in [0.5, 0.6) is 0 Å². The maximum Gasteiger partial charge on any atom is 0.305 e. The Hall–Kier alpha value is -1.92. The smallest absolute Gasteiger partial charge is 0.305 e. The van der Waals surface area contributed by atoms with Crippen molar-refractivity contribution in [3.8, 4) is 0 Å². The molecule has 6 nitrogen and oxygen atoms in total. The van der Waals surface area contributed by atoms with Gasteiger partial charge in [0.25, 0.3) is 0 Å². The largest absolute Gasteiger partial charge is 0.466 e. The summed E-state index contributed by atoms with van der Waals surface area (Å²) in [5.74, 6) is -0.0482. The Kier molecular flexibility index (Phi) is 77.8. The monoisotopic (exact) mass is 1260 g/mol. The van der Waals surface area contributed by atoms with Crippen molar-refractivity contribution in [3.05, 3.63) is 36.5 Å². The van der Waals surface area contributed by atoms with Crippen LogP contribution in [0.1, 0.15) is 463 Å². The molecule has 0 aromatic heterocycles. The van der Waals surface area contributed by atoms with Gasteiger partial charge >= 0.3 is 5.97 Å². The molecule has 6 heteroatoms. The topological polar surface area (TPSA) is 95.9 Å². The second-order valence-electron chi connectivity index (χ2n) is 28.5.